The molecular weight excluding hydrogens is 176 g/mol. The Morgan fingerprint density at radius 1 is 1.38 bits per heavy atom. The van der Waals surface area contributed by atoms with Crippen LogP contribution in [0.4, 0.5) is 11.4 Å². The van der Waals surface area contributed by atoms with Gasteiger partial charge in [-0.3, -0.25) is 10.1 Å². The molecule has 0 radical (unpaired) electrons. The van der Waals surface area contributed by atoms with Crippen LogP contribution in [0.15, 0.2) is 12.1 Å². The topological polar surface area (TPSA) is 95.6 Å². The van der Waals surface area contributed by atoms with Gasteiger partial charge in [0, 0.05) is 19.2 Å². The number of nitro benzene ring substituents is 1. The van der Waals surface area contributed by atoms with E-state index in [9.17, 15) is 10.1 Å². The molecule has 3 N–H and O–H groups in total. The Hall–Kier alpha value is -1.98. The zero-order valence-electron chi connectivity index (χ0n) is 6.81. The van der Waals surface area contributed by atoms with Crippen molar-refractivity contribution in [3.8, 4) is 11.5 Å². The normalized spacial score (nSPS) is 9.62. The third-order valence-corrected chi connectivity index (χ3v) is 1.56. The van der Waals surface area contributed by atoms with E-state index in [4.69, 9.17) is 10.2 Å². The molecule has 0 unspecified atom stereocenters. The predicted molar refractivity (Wildman–Crippen MR) is 46.0 cm³/mol. The highest BCUT2D eigenvalue weighted by atomic mass is 16.6. The van der Waals surface area contributed by atoms with Crippen LogP contribution in [0.5, 0.6) is 11.5 Å². The lowest BCUT2D eigenvalue weighted by Gasteiger charge is -2.03. The Labute approximate surface area is 73.6 Å². The van der Waals surface area contributed by atoms with Crippen molar-refractivity contribution in [2.24, 2.45) is 0 Å². The first-order valence-electron chi connectivity index (χ1n) is 3.44. The van der Waals surface area contributed by atoms with Gasteiger partial charge in [-0.2, -0.15) is 0 Å². The SMILES string of the molecule is CNc1cc([N+](=O)[O-])c(O)cc1O. The van der Waals surface area contributed by atoms with Crippen molar-refractivity contribution in [1.29, 1.82) is 0 Å². The molecule has 0 heterocycles. The molecule has 0 saturated carbocycles. The lowest BCUT2D eigenvalue weighted by Crippen LogP contribution is -1.93. The average Bonchev–Trinajstić information content (AvgIpc) is 2.03. The first-order chi connectivity index (χ1) is 6.06. The van der Waals surface area contributed by atoms with Crippen LogP contribution in [0.3, 0.4) is 0 Å². The Kier molecular flexibility index (Phi) is 2.23. The summed E-state index contributed by atoms with van der Waals surface area (Å²) in [7, 11) is 1.51. The number of phenols is 2. The minimum atomic E-state index is -0.727. The highest BCUT2D eigenvalue weighted by molar-refractivity contribution is 5.65. The molecule has 1 aromatic rings. The molecule has 0 fully saturated rings. The van der Waals surface area contributed by atoms with Gasteiger partial charge in [-0.1, -0.05) is 0 Å². The highest BCUT2D eigenvalue weighted by Crippen LogP contribution is 2.35. The van der Waals surface area contributed by atoms with Gasteiger partial charge >= 0.3 is 5.69 Å². The fourth-order valence-electron chi connectivity index (χ4n) is 0.912. The van der Waals surface area contributed by atoms with Crippen LogP contribution in [0, 0.1) is 10.1 Å². The maximum atomic E-state index is 10.3. The average molecular weight is 184 g/mol. The molecule has 0 aliphatic heterocycles. The zero-order chi connectivity index (χ0) is 10.0. The summed E-state index contributed by atoms with van der Waals surface area (Å²) in [6.45, 7) is 0. The summed E-state index contributed by atoms with van der Waals surface area (Å²) in [5.41, 5.74) is -0.244. The van der Waals surface area contributed by atoms with E-state index >= 15 is 0 Å². The second kappa shape index (κ2) is 3.18. The Balaban J connectivity index is 3.30. The molecule has 0 aliphatic rings. The van der Waals surface area contributed by atoms with Gasteiger partial charge in [-0.05, 0) is 0 Å². The third-order valence-electron chi connectivity index (χ3n) is 1.56. The van der Waals surface area contributed by atoms with Crippen LogP contribution >= 0.6 is 0 Å². The Morgan fingerprint density at radius 2 is 2.00 bits per heavy atom. The molecule has 0 amide bonds. The smallest absolute Gasteiger partial charge is 0.313 e. The third kappa shape index (κ3) is 1.61. The van der Waals surface area contributed by atoms with Crippen molar-refractivity contribution in [3.63, 3.8) is 0 Å². The van der Waals surface area contributed by atoms with E-state index in [0.29, 0.717) is 0 Å². The molecule has 0 bridgehead atoms. The first kappa shape index (κ1) is 9.11. The summed E-state index contributed by atoms with van der Waals surface area (Å²) in [5.74, 6) is -0.785. The molecule has 0 aliphatic carbocycles. The highest BCUT2D eigenvalue weighted by Gasteiger charge is 2.16. The lowest BCUT2D eigenvalue weighted by molar-refractivity contribution is -0.385. The van der Waals surface area contributed by atoms with Gasteiger partial charge in [-0.25, -0.2) is 0 Å². The largest absolute Gasteiger partial charge is 0.506 e. The molecule has 0 spiro atoms. The molecule has 0 atom stereocenters. The molecule has 1 aromatic carbocycles. The summed E-state index contributed by atoms with van der Waals surface area (Å²) in [6.07, 6.45) is 0. The molecule has 13 heavy (non-hydrogen) atoms. The molecule has 0 aromatic heterocycles. The maximum absolute atomic E-state index is 10.3. The van der Waals surface area contributed by atoms with E-state index in [1.807, 2.05) is 0 Å². The van der Waals surface area contributed by atoms with Gasteiger partial charge in [-0.15, -0.1) is 0 Å². The summed E-state index contributed by atoms with van der Waals surface area (Å²) in [6, 6.07) is 1.98. The van der Waals surface area contributed by atoms with Gasteiger partial charge in [0.05, 0.1) is 10.6 Å². The number of hydrogen-bond acceptors (Lipinski definition) is 5. The number of aromatic hydroxyl groups is 2. The molecule has 6 heteroatoms. The number of nitrogens with one attached hydrogen (secondary N) is 1. The fourth-order valence-corrected chi connectivity index (χ4v) is 0.912. The number of rotatable bonds is 2. The van der Waals surface area contributed by atoms with Crippen LogP contribution in [0.2, 0.25) is 0 Å². The van der Waals surface area contributed by atoms with Gasteiger partial charge in [0.2, 0.25) is 0 Å². The van der Waals surface area contributed by atoms with Crippen LogP contribution in [0.25, 0.3) is 0 Å². The van der Waals surface area contributed by atoms with E-state index in [1.54, 1.807) is 0 Å². The lowest BCUT2D eigenvalue weighted by atomic mass is 10.2. The molecule has 6 nitrogen and oxygen atoms in total. The Bertz CT molecular complexity index is 351. The van der Waals surface area contributed by atoms with Crippen molar-refractivity contribution in [2.75, 3.05) is 12.4 Å². The van der Waals surface area contributed by atoms with E-state index in [0.717, 1.165) is 12.1 Å². The molecule has 70 valence electrons. The minimum Gasteiger partial charge on any atom is -0.506 e. The summed E-state index contributed by atoms with van der Waals surface area (Å²) in [5, 5.41) is 31.1. The van der Waals surface area contributed by atoms with Crippen LogP contribution in [-0.2, 0) is 0 Å². The summed E-state index contributed by atoms with van der Waals surface area (Å²) in [4.78, 5) is 9.61. The standard InChI is InChI=1S/C7H8N2O4/c1-8-4-2-5(9(12)13)7(11)3-6(4)10/h2-3,8,10-11H,1H3. The van der Waals surface area contributed by atoms with Crippen LogP contribution in [0.1, 0.15) is 0 Å². The quantitative estimate of drug-likeness (QED) is 0.276. The van der Waals surface area contributed by atoms with Gasteiger partial charge in [0.1, 0.15) is 5.75 Å². The molecule has 1 rings (SSSR count). The number of nitrogens with zero attached hydrogens (tertiary/aromatic N) is 1. The van der Waals surface area contributed by atoms with Crippen molar-refractivity contribution in [3.05, 3.63) is 22.2 Å². The van der Waals surface area contributed by atoms with Crippen molar-refractivity contribution >= 4 is 11.4 Å². The maximum Gasteiger partial charge on any atom is 0.313 e. The van der Waals surface area contributed by atoms with Crippen molar-refractivity contribution < 1.29 is 15.1 Å². The summed E-state index contributed by atoms with van der Waals surface area (Å²) < 4.78 is 0. The zero-order valence-corrected chi connectivity index (χ0v) is 6.81. The number of hydrogen-bond donors (Lipinski definition) is 3. The predicted octanol–water partition coefficient (Wildman–Crippen LogP) is 1.05. The second-order valence-electron chi connectivity index (χ2n) is 2.37. The van der Waals surface area contributed by atoms with E-state index in [1.165, 1.54) is 7.05 Å². The fraction of sp³-hybridized carbons (Fsp3) is 0.143. The number of nitro groups is 1. The second-order valence-corrected chi connectivity index (χ2v) is 2.37. The minimum absolute atomic E-state index is 0.199. The van der Waals surface area contributed by atoms with Crippen LogP contribution in [-0.4, -0.2) is 22.2 Å². The Morgan fingerprint density at radius 3 is 2.46 bits per heavy atom. The van der Waals surface area contributed by atoms with Crippen molar-refractivity contribution in [1.82, 2.24) is 0 Å². The number of benzene rings is 1. The monoisotopic (exact) mass is 184 g/mol. The van der Waals surface area contributed by atoms with E-state index in [2.05, 4.69) is 5.32 Å². The van der Waals surface area contributed by atoms with Crippen LogP contribution < -0.4 is 5.32 Å². The van der Waals surface area contributed by atoms with Gasteiger partial charge in [0.15, 0.2) is 5.75 Å². The molecule has 0 saturated heterocycles. The molecular formula is C7H8N2O4. The number of phenolic OH excluding ortho intramolecular Hbond substituents is 2. The van der Waals surface area contributed by atoms with E-state index in [-0.39, 0.29) is 11.4 Å². The van der Waals surface area contributed by atoms with Gasteiger partial charge in [0.25, 0.3) is 0 Å². The summed E-state index contributed by atoms with van der Waals surface area (Å²) >= 11 is 0. The number of anilines is 1. The first-order valence-corrected chi connectivity index (χ1v) is 3.44. The van der Waals surface area contributed by atoms with E-state index < -0.39 is 16.4 Å². The van der Waals surface area contributed by atoms with Gasteiger partial charge < -0.3 is 15.5 Å². The van der Waals surface area contributed by atoms with Crippen molar-refractivity contribution in [2.45, 2.75) is 0 Å².